The number of oxazole rings is 1. The Morgan fingerprint density at radius 3 is 2.88 bits per heavy atom. The van der Waals surface area contributed by atoms with Crippen molar-refractivity contribution >= 4 is 29.3 Å². The molecule has 1 unspecified atom stereocenters. The van der Waals surface area contributed by atoms with Crippen molar-refractivity contribution in [3.05, 3.63) is 41.2 Å². The zero-order valence-corrected chi connectivity index (χ0v) is 14.6. The van der Waals surface area contributed by atoms with E-state index in [1.807, 2.05) is 24.3 Å². The predicted molar refractivity (Wildman–Crippen MR) is 92.5 cm³/mol. The quantitative estimate of drug-likeness (QED) is 0.903. The number of hydrogen-bond donors (Lipinski definition) is 1. The van der Waals surface area contributed by atoms with Gasteiger partial charge in [0.15, 0.2) is 0 Å². The fourth-order valence-corrected chi connectivity index (χ4v) is 4.37. The number of piperidine rings is 1. The molecule has 4 rings (SSSR count). The van der Waals surface area contributed by atoms with Crippen LogP contribution in [0.4, 0.5) is 0 Å². The van der Waals surface area contributed by atoms with Crippen molar-refractivity contribution < 1.29 is 9.21 Å². The Morgan fingerprint density at radius 1 is 1.33 bits per heavy atom. The summed E-state index contributed by atoms with van der Waals surface area (Å²) in [5.74, 6) is 0.744. The van der Waals surface area contributed by atoms with Crippen molar-refractivity contribution in [1.29, 1.82) is 0 Å². The van der Waals surface area contributed by atoms with Gasteiger partial charge < -0.3 is 14.6 Å². The maximum Gasteiger partial charge on any atom is 0.261 e. The Hall–Kier alpha value is -1.50. The van der Waals surface area contributed by atoms with Crippen molar-refractivity contribution in [2.75, 3.05) is 19.6 Å². The number of hydrogen-bond acceptors (Lipinski definition) is 5. The maximum absolute atomic E-state index is 12.4. The zero-order chi connectivity index (χ0) is 16.5. The van der Waals surface area contributed by atoms with Crippen molar-refractivity contribution in [3.8, 4) is 0 Å². The van der Waals surface area contributed by atoms with E-state index in [2.05, 4.69) is 15.2 Å². The molecule has 0 spiro atoms. The van der Waals surface area contributed by atoms with E-state index in [0.717, 1.165) is 23.8 Å². The number of halogens is 1. The molecule has 1 N–H and O–H groups in total. The van der Waals surface area contributed by atoms with Gasteiger partial charge in [0.1, 0.15) is 0 Å². The molecule has 0 aliphatic carbocycles. The van der Waals surface area contributed by atoms with Gasteiger partial charge in [0.05, 0.1) is 6.20 Å². The van der Waals surface area contributed by atoms with Gasteiger partial charge in [-0.25, -0.2) is 4.98 Å². The van der Waals surface area contributed by atoms with Gasteiger partial charge >= 0.3 is 0 Å². The molecular formula is C17H18ClN3O2S. The Labute approximate surface area is 149 Å². The third-order valence-corrected chi connectivity index (χ3v) is 5.63. The molecule has 2 fully saturated rings. The molecule has 2 aliphatic heterocycles. The van der Waals surface area contributed by atoms with Crippen LogP contribution in [-0.4, -0.2) is 41.5 Å². The maximum atomic E-state index is 12.4. The molecule has 2 aliphatic rings. The number of benzene rings is 1. The standard InChI is InChI=1S/C17H18ClN3O2S/c18-15-8-19-17(23-15)24-14-3-1-12(2-4-14)16(22)20-13-7-11-5-6-21(9-11)10-13/h1-4,8,11,13H,5-7,9-10H2,(H,20,22)/t11-,13+/m0/s1. The van der Waals surface area contributed by atoms with Crippen molar-refractivity contribution in [2.24, 2.45) is 5.92 Å². The largest absolute Gasteiger partial charge is 0.419 e. The first-order valence-electron chi connectivity index (χ1n) is 8.08. The summed E-state index contributed by atoms with van der Waals surface area (Å²) >= 11 is 7.08. The van der Waals surface area contributed by atoms with E-state index in [0.29, 0.717) is 10.8 Å². The van der Waals surface area contributed by atoms with Gasteiger partial charge in [-0.1, -0.05) is 0 Å². The summed E-state index contributed by atoms with van der Waals surface area (Å²) < 4.78 is 5.22. The van der Waals surface area contributed by atoms with E-state index in [9.17, 15) is 4.79 Å². The lowest BCUT2D eigenvalue weighted by atomic mass is 9.96. The number of carbonyl (C=O) groups is 1. The molecule has 1 amide bonds. The minimum absolute atomic E-state index is 0.00165. The number of aromatic nitrogens is 1. The number of nitrogens with zero attached hydrogens (tertiary/aromatic N) is 2. The molecule has 2 aromatic rings. The average Bonchev–Trinajstić information content (AvgIpc) is 3.13. The first-order chi connectivity index (χ1) is 11.7. The minimum atomic E-state index is -0.00165. The van der Waals surface area contributed by atoms with Crippen LogP contribution in [0.15, 0.2) is 45.0 Å². The number of carbonyl (C=O) groups excluding carboxylic acids is 1. The molecule has 5 nitrogen and oxygen atoms in total. The van der Waals surface area contributed by atoms with Gasteiger partial charge in [-0.2, -0.15) is 0 Å². The minimum Gasteiger partial charge on any atom is -0.419 e. The van der Waals surface area contributed by atoms with Gasteiger partial charge in [-0.05, 0) is 72.9 Å². The molecule has 7 heteroatoms. The molecule has 0 saturated carbocycles. The van der Waals surface area contributed by atoms with Gasteiger partial charge in [-0.3, -0.25) is 4.79 Å². The Morgan fingerprint density at radius 2 is 2.17 bits per heavy atom. The highest BCUT2D eigenvalue weighted by Crippen LogP contribution is 2.29. The summed E-state index contributed by atoms with van der Waals surface area (Å²) in [7, 11) is 0. The van der Waals surface area contributed by atoms with Gasteiger partial charge in [0, 0.05) is 29.6 Å². The number of fused-ring (bicyclic) bond motifs is 2. The summed E-state index contributed by atoms with van der Waals surface area (Å²) in [5, 5.41) is 3.93. The van der Waals surface area contributed by atoms with Crippen LogP contribution >= 0.6 is 23.4 Å². The van der Waals surface area contributed by atoms with Gasteiger partial charge in [0.25, 0.3) is 11.1 Å². The SMILES string of the molecule is O=C(N[C@@H]1C[C@@H]2CCN(C2)C1)c1ccc(Sc2ncc(Cl)o2)cc1. The van der Waals surface area contributed by atoms with E-state index in [-0.39, 0.29) is 17.2 Å². The van der Waals surface area contributed by atoms with Crippen LogP contribution in [0.1, 0.15) is 23.2 Å². The van der Waals surface area contributed by atoms with Crippen molar-refractivity contribution in [1.82, 2.24) is 15.2 Å². The van der Waals surface area contributed by atoms with Crippen LogP contribution in [0.25, 0.3) is 0 Å². The molecule has 1 aromatic heterocycles. The zero-order valence-electron chi connectivity index (χ0n) is 13.1. The Bertz CT molecular complexity index is 722. The monoisotopic (exact) mass is 363 g/mol. The Kier molecular flexibility index (Phi) is 4.52. The first kappa shape index (κ1) is 16.0. The predicted octanol–water partition coefficient (Wildman–Crippen LogP) is 3.30. The lowest BCUT2D eigenvalue weighted by Gasteiger charge is -2.30. The number of amides is 1. The normalized spacial score (nSPS) is 25.6. The third kappa shape index (κ3) is 3.61. The van der Waals surface area contributed by atoms with Crippen LogP contribution in [-0.2, 0) is 0 Å². The van der Waals surface area contributed by atoms with Crippen LogP contribution in [0.2, 0.25) is 5.22 Å². The summed E-state index contributed by atoms with van der Waals surface area (Å²) in [6.07, 6.45) is 3.84. The summed E-state index contributed by atoms with van der Waals surface area (Å²) in [5.41, 5.74) is 0.678. The summed E-state index contributed by atoms with van der Waals surface area (Å²) in [4.78, 5) is 19.9. The second-order valence-electron chi connectivity index (χ2n) is 6.38. The fourth-order valence-electron chi connectivity index (χ4n) is 3.49. The fraction of sp³-hybridized carbons (Fsp3) is 0.412. The highest BCUT2D eigenvalue weighted by atomic mass is 35.5. The van der Waals surface area contributed by atoms with Crippen molar-refractivity contribution in [2.45, 2.75) is 29.0 Å². The molecule has 1 aromatic carbocycles. The molecule has 24 heavy (non-hydrogen) atoms. The highest BCUT2D eigenvalue weighted by Gasteiger charge is 2.32. The lowest BCUT2D eigenvalue weighted by molar-refractivity contribution is 0.0909. The van der Waals surface area contributed by atoms with Gasteiger partial charge in [-0.15, -0.1) is 0 Å². The van der Waals surface area contributed by atoms with Crippen LogP contribution in [0, 0.1) is 5.92 Å². The smallest absolute Gasteiger partial charge is 0.261 e. The van der Waals surface area contributed by atoms with E-state index in [4.69, 9.17) is 16.0 Å². The second kappa shape index (κ2) is 6.78. The topological polar surface area (TPSA) is 58.4 Å². The van der Waals surface area contributed by atoms with E-state index >= 15 is 0 Å². The molecular weight excluding hydrogens is 346 g/mol. The summed E-state index contributed by atoms with van der Waals surface area (Å²) in [6, 6.07) is 7.72. The number of rotatable bonds is 4. The molecule has 3 heterocycles. The van der Waals surface area contributed by atoms with E-state index < -0.39 is 0 Å². The first-order valence-corrected chi connectivity index (χ1v) is 9.27. The van der Waals surface area contributed by atoms with Crippen LogP contribution < -0.4 is 5.32 Å². The highest BCUT2D eigenvalue weighted by molar-refractivity contribution is 7.99. The molecule has 3 atom stereocenters. The third-order valence-electron chi connectivity index (χ3n) is 4.58. The summed E-state index contributed by atoms with van der Waals surface area (Å²) in [6.45, 7) is 3.35. The van der Waals surface area contributed by atoms with E-state index in [1.165, 1.54) is 37.5 Å². The van der Waals surface area contributed by atoms with Crippen LogP contribution in [0.3, 0.4) is 0 Å². The molecule has 2 saturated heterocycles. The van der Waals surface area contributed by atoms with E-state index in [1.54, 1.807) is 0 Å². The average molecular weight is 364 g/mol. The number of nitrogens with one attached hydrogen (secondary N) is 1. The Balaban J connectivity index is 1.36. The van der Waals surface area contributed by atoms with Crippen LogP contribution in [0.5, 0.6) is 0 Å². The lowest BCUT2D eigenvalue weighted by Crippen LogP contribution is -2.47. The molecule has 126 valence electrons. The van der Waals surface area contributed by atoms with Gasteiger partial charge in [0.2, 0.25) is 5.22 Å². The van der Waals surface area contributed by atoms with Crippen molar-refractivity contribution in [3.63, 3.8) is 0 Å². The molecule has 0 radical (unpaired) electrons. The second-order valence-corrected chi connectivity index (χ2v) is 7.77. The molecule has 2 bridgehead atoms.